The normalized spacial score (nSPS) is 12.3. The van der Waals surface area contributed by atoms with E-state index < -0.39 is 37.5 Å². The lowest BCUT2D eigenvalue weighted by molar-refractivity contribution is -0.385. The van der Waals surface area contributed by atoms with Crippen LogP contribution in [0.3, 0.4) is 0 Å². The molecule has 3 rings (SSSR count). The predicted molar refractivity (Wildman–Crippen MR) is 144 cm³/mol. The molecule has 38 heavy (non-hydrogen) atoms. The molecule has 204 valence electrons. The minimum atomic E-state index is -4.19. The van der Waals surface area contributed by atoms with Crippen molar-refractivity contribution in [1.29, 1.82) is 0 Å². The van der Waals surface area contributed by atoms with Crippen LogP contribution in [-0.2, 0) is 10.0 Å². The van der Waals surface area contributed by atoms with Gasteiger partial charge in [-0.05, 0) is 63.8 Å². The number of nitrogens with zero attached hydrogens (tertiary/aromatic N) is 3. The maximum atomic E-state index is 13.3. The van der Waals surface area contributed by atoms with Gasteiger partial charge in [0.25, 0.3) is 11.6 Å². The molecule has 2 aromatic carbocycles. The molecule has 1 heterocycles. The first-order valence-corrected chi connectivity index (χ1v) is 13.8. The number of rotatable bonds is 11. The first-order valence-electron chi connectivity index (χ1n) is 12.3. The van der Waals surface area contributed by atoms with Crippen LogP contribution in [0.25, 0.3) is 5.69 Å². The van der Waals surface area contributed by atoms with Crippen molar-refractivity contribution in [1.82, 2.24) is 19.8 Å². The van der Waals surface area contributed by atoms with E-state index in [0.29, 0.717) is 24.2 Å². The summed E-state index contributed by atoms with van der Waals surface area (Å²) in [5, 5.41) is 18.8. The van der Waals surface area contributed by atoms with Gasteiger partial charge in [-0.3, -0.25) is 14.9 Å². The second kappa shape index (κ2) is 11.7. The highest BCUT2D eigenvalue weighted by molar-refractivity contribution is 7.89. The maximum absolute atomic E-state index is 13.3. The Kier molecular flexibility index (Phi) is 8.89. The number of carbonyl (C=O) groups excluding carboxylic acids is 1. The van der Waals surface area contributed by atoms with E-state index in [1.54, 1.807) is 13.8 Å². The highest BCUT2D eigenvalue weighted by Gasteiger charge is 2.28. The summed E-state index contributed by atoms with van der Waals surface area (Å²) in [4.78, 5) is 23.3. The number of hydrogen-bond donors (Lipinski definition) is 2. The minimum Gasteiger partial charge on any atom is -0.437 e. The molecule has 0 spiro atoms. The van der Waals surface area contributed by atoms with E-state index in [1.165, 1.54) is 16.8 Å². The van der Waals surface area contributed by atoms with E-state index in [9.17, 15) is 23.3 Å². The number of carbonyl (C=O) groups is 1. The molecule has 0 unspecified atom stereocenters. The van der Waals surface area contributed by atoms with Gasteiger partial charge in [-0.15, -0.1) is 0 Å². The lowest BCUT2D eigenvalue weighted by Gasteiger charge is -2.17. The van der Waals surface area contributed by atoms with Crippen molar-refractivity contribution in [3.8, 4) is 17.3 Å². The molecule has 0 radical (unpaired) electrons. The monoisotopic (exact) mass is 543 g/mol. The molecule has 0 saturated heterocycles. The van der Waals surface area contributed by atoms with Crippen molar-refractivity contribution in [2.75, 3.05) is 6.54 Å². The molecule has 1 aromatic heterocycles. The number of nitrogens with one attached hydrogen (secondary N) is 2. The molecule has 0 aliphatic carbocycles. The molecular formula is C26H33N5O6S. The maximum Gasteiger partial charge on any atom is 0.272 e. The van der Waals surface area contributed by atoms with Gasteiger partial charge in [0.05, 0.1) is 10.6 Å². The highest BCUT2D eigenvalue weighted by atomic mass is 32.2. The molecule has 11 nitrogen and oxygen atoms in total. The molecule has 0 bridgehead atoms. The number of ether oxygens (including phenoxy) is 1. The van der Waals surface area contributed by atoms with E-state index >= 15 is 0 Å². The third-order valence-electron chi connectivity index (χ3n) is 6.23. The molecular weight excluding hydrogens is 510 g/mol. The SMILES string of the molecule is CCCNC(=O)c1nn(-c2cccc(C)c2C)c(Oc2ccc([N+](=O)[O-])cc2S(=O)(=O)N[C@H](C)CC)c1C. The van der Waals surface area contributed by atoms with E-state index in [1.807, 2.05) is 45.9 Å². The van der Waals surface area contributed by atoms with Gasteiger partial charge in [-0.2, -0.15) is 9.78 Å². The first kappa shape index (κ1) is 28.8. The summed E-state index contributed by atoms with van der Waals surface area (Å²) >= 11 is 0. The van der Waals surface area contributed by atoms with Crippen molar-refractivity contribution < 1.29 is 22.9 Å². The Balaban J connectivity index is 2.24. The van der Waals surface area contributed by atoms with Gasteiger partial charge in [0, 0.05) is 30.3 Å². The van der Waals surface area contributed by atoms with Gasteiger partial charge in [0.15, 0.2) is 5.69 Å². The number of aromatic nitrogens is 2. The Bertz CT molecular complexity index is 1460. The fourth-order valence-corrected chi connectivity index (χ4v) is 5.16. The molecule has 1 amide bonds. The largest absolute Gasteiger partial charge is 0.437 e. The van der Waals surface area contributed by atoms with E-state index in [0.717, 1.165) is 23.6 Å². The van der Waals surface area contributed by atoms with Gasteiger partial charge in [0.2, 0.25) is 15.9 Å². The molecule has 3 aromatic rings. The lowest BCUT2D eigenvalue weighted by Crippen LogP contribution is -2.32. The first-order chi connectivity index (χ1) is 17.9. The zero-order chi connectivity index (χ0) is 28.2. The zero-order valence-corrected chi connectivity index (χ0v) is 23.2. The summed E-state index contributed by atoms with van der Waals surface area (Å²) in [6, 6.07) is 8.54. The number of aryl methyl sites for hydroxylation is 1. The Hall–Kier alpha value is -3.77. The van der Waals surface area contributed by atoms with Crippen molar-refractivity contribution in [2.24, 2.45) is 0 Å². The minimum absolute atomic E-state index is 0.120. The van der Waals surface area contributed by atoms with Gasteiger partial charge >= 0.3 is 0 Å². The van der Waals surface area contributed by atoms with Gasteiger partial charge in [-0.1, -0.05) is 26.0 Å². The molecule has 0 aliphatic heterocycles. The van der Waals surface area contributed by atoms with Crippen LogP contribution in [0.5, 0.6) is 11.6 Å². The summed E-state index contributed by atoms with van der Waals surface area (Å²) in [5.74, 6) is -0.413. The fourth-order valence-electron chi connectivity index (χ4n) is 3.69. The number of nitro groups is 1. The molecule has 2 N–H and O–H groups in total. The smallest absolute Gasteiger partial charge is 0.272 e. The zero-order valence-electron chi connectivity index (χ0n) is 22.4. The van der Waals surface area contributed by atoms with Gasteiger partial charge < -0.3 is 10.1 Å². The van der Waals surface area contributed by atoms with Crippen molar-refractivity contribution >= 4 is 21.6 Å². The number of non-ortho nitro benzene ring substituents is 1. The summed E-state index contributed by atoms with van der Waals surface area (Å²) in [6.45, 7) is 11.4. The third-order valence-corrected chi connectivity index (χ3v) is 7.84. The van der Waals surface area contributed by atoms with Crippen molar-refractivity contribution in [3.05, 3.63) is 68.9 Å². The Morgan fingerprint density at radius 2 is 1.87 bits per heavy atom. The Morgan fingerprint density at radius 1 is 1.16 bits per heavy atom. The number of nitro benzene ring substituents is 1. The van der Waals surface area contributed by atoms with Gasteiger partial charge in [-0.25, -0.2) is 13.1 Å². The third kappa shape index (κ3) is 6.03. The molecule has 0 saturated carbocycles. The average Bonchev–Trinajstić information content (AvgIpc) is 3.19. The van der Waals surface area contributed by atoms with E-state index in [-0.39, 0.29) is 17.3 Å². The summed E-state index contributed by atoms with van der Waals surface area (Å²) in [7, 11) is -4.19. The summed E-state index contributed by atoms with van der Waals surface area (Å²) in [5.41, 5.74) is 2.61. The topological polar surface area (TPSA) is 145 Å². The van der Waals surface area contributed by atoms with Crippen molar-refractivity contribution in [2.45, 2.75) is 65.3 Å². The quantitative estimate of drug-likeness (QED) is 0.263. The van der Waals surface area contributed by atoms with Crippen LogP contribution in [-0.4, -0.2) is 41.6 Å². The molecule has 0 aliphatic rings. The van der Waals surface area contributed by atoms with Crippen LogP contribution in [0.4, 0.5) is 5.69 Å². The number of benzene rings is 2. The fraction of sp³-hybridized carbons (Fsp3) is 0.385. The number of sulfonamides is 1. The number of hydrogen-bond acceptors (Lipinski definition) is 7. The second-order valence-corrected chi connectivity index (χ2v) is 10.8. The van der Waals surface area contributed by atoms with Crippen LogP contribution in [0.2, 0.25) is 0 Å². The second-order valence-electron chi connectivity index (χ2n) is 9.09. The van der Waals surface area contributed by atoms with Gasteiger partial charge in [0.1, 0.15) is 10.6 Å². The van der Waals surface area contributed by atoms with Crippen LogP contribution in [0.15, 0.2) is 41.3 Å². The van der Waals surface area contributed by atoms with E-state index in [2.05, 4.69) is 15.1 Å². The highest BCUT2D eigenvalue weighted by Crippen LogP contribution is 2.36. The van der Waals surface area contributed by atoms with Crippen LogP contribution < -0.4 is 14.8 Å². The van der Waals surface area contributed by atoms with Crippen molar-refractivity contribution in [3.63, 3.8) is 0 Å². The lowest BCUT2D eigenvalue weighted by atomic mass is 10.1. The Morgan fingerprint density at radius 3 is 2.50 bits per heavy atom. The molecule has 12 heteroatoms. The van der Waals surface area contributed by atoms with Crippen LogP contribution >= 0.6 is 0 Å². The Labute approximate surface area is 222 Å². The number of amides is 1. The van der Waals surface area contributed by atoms with E-state index in [4.69, 9.17) is 4.74 Å². The summed E-state index contributed by atoms with van der Waals surface area (Å²) < 4.78 is 36.7. The average molecular weight is 544 g/mol. The van der Waals surface area contributed by atoms with Crippen LogP contribution in [0.1, 0.15) is 60.8 Å². The predicted octanol–water partition coefficient (Wildman–Crippen LogP) is 4.71. The standard InChI is InChI=1S/C26H33N5O6S/c1-7-14-27-25(32)24-19(6)26(30(28-24)21-11-9-10-16(3)18(21)5)37-22-13-12-20(31(33)34)15-23(22)38(35,36)29-17(4)8-2/h9-13,15,17,29H,7-8,14H2,1-6H3,(H,27,32)/t17-/m1/s1. The molecule has 1 atom stereocenters. The van der Waals surface area contributed by atoms with Crippen LogP contribution in [0, 0.1) is 30.9 Å². The molecule has 0 fully saturated rings. The summed E-state index contributed by atoms with van der Waals surface area (Å²) in [6.07, 6.45) is 1.25.